The van der Waals surface area contributed by atoms with E-state index < -0.39 is 0 Å². The summed E-state index contributed by atoms with van der Waals surface area (Å²) in [4.78, 5) is 8.73. The zero-order valence-corrected chi connectivity index (χ0v) is 11.7. The van der Waals surface area contributed by atoms with E-state index >= 15 is 0 Å². The minimum atomic E-state index is 0.342. The Labute approximate surface area is 120 Å². The second kappa shape index (κ2) is 5.07. The number of hydrogen-bond donors (Lipinski definition) is 0. The number of rotatable bonds is 3. The molecule has 0 N–H and O–H groups in total. The van der Waals surface area contributed by atoms with Gasteiger partial charge in [0.15, 0.2) is 5.58 Å². The molecule has 3 heterocycles. The monoisotopic (exact) mass is 286 g/mol. The predicted octanol–water partition coefficient (Wildman–Crippen LogP) is 3.65. The Hall–Kier alpha value is -1.59. The molecule has 3 aromatic rings. The van der Waals surface area contributed by atoms with Gasteiger partial charge in [0, 0.05) is 17.7 Å². The average Bonchev–Trinajstić information content (AvgIpc) is 3.12. The summed E-state index contributed by atoms with van der Waals surface area (Å²) < 4.78 is 11.6. The van der Waals surface area contributed by atoms with Crippen LogP contribution in [0.15, 0.2) is 40.0 Å². The molecular formula is C15H14N2O2S. The molecule has 1 fully saturated rings. The molecule has 0 spiro atoms. The second-order valence-corrected chi connectivity index (χ2v) is 5.91. The normalized spacial score (nSPS) is 19.1. The molecule has 1 aliphatic rings. The standard InChI is InChI=1S/C15H14N2O2S/c1-2-6-12-11(5-1)13-14(19-12)15(17-9-16-13)20-8-10-4-3-7-18-10/h1-2,5-6,9-10H,3-4,7-8H2/t10-/m0/s1. The lowest BCUT2D eigenvalue weighted by Gasteiger charge is -2.07. The van der Waals surface area contributed by atoms with Gasteiger partial charge in [-0.15, -0.1) is 0 Å². The number of aromatic nitrogens is 2. The van der Waals surface area contributed by atoms with Crippen LogP contribution in [0.2, 0.25) is 0 Å². The molecule has 1 aromatic carbocycles. The van der Waals surface area contributed by atoms with Crippen LogP contribution in [0.25, 0.3) is 22.1 Å². The Bertz CT molecular complexity index is 750. The van der Waals surface area contributed by atoms with E-state index in [2.05, 4.69) is 9.97 Å². The van der Waals surface area contributed by atoms with Gasteiger partial charge >= 0.3 is 0 Å². The SMILES string of the molecule is c1ccc2c(c1)oc1c(SC[C@@H]3CCCO3)ncnc12. The number of hydrogen-bond acceptors (Lipinski definition) is 5. The molecule has 4 nitrogen and oxygen atoms in total. The third kappa shape index (κ3) is 2.07. The van der Waals surface area contributed by atoms with Crippen molar-refractivity contribution in [2.45, 2.75) is 24.0 Å². The average molecular weight is 286 g/mol. The van der Waals surface area contributed by atoms with Crippen LogP contribution in [0.1, 0.15) is 12.8 Å². The molecule has 20 heavy (non-hydrogen) atoms. The number of benzene rings is 1. The highest BCUT2D eigenvalue weighted by Gasteiger charge is 2.18. The molecule has 0 saturated carbocycles. The van der Waals surface area contributed by atoms with Crippen molar-refractivity contribution in [2.24, 2.45) is 0 Å². The van der Waals surface area contributed by atoms with Gasteiger partial charge in [0.25, 0.3) is 0 Å². The maximum absolute atomic E-state index is 5.91. The smallest absolute Gasteiger partial charge is 0.186 e. The maximum atomic E-state index is 5.91. The molecule has 0 radical (unpaired) electrons. The van der Waals surface area contributed by atoms with Crippen molar-refractivity contribution >= 4 is 33.8 Å². The Morgan fingerprint density at radius 1 is 1.25 bits per heavy atom. The second-order valence-electron chi connectivity index (χ2n) is 4.90. The van der Waals surface area contributed by atoms with E-state index in [-0.39, 0.29) is 0 Å². The number of nitrogens with zero attached hydrogens (tertiary/aromatic N) is 2. The van der Waals surface area contributed by atoms with Crippen molar-refractivity contribution in [1.29, 1.82) is 0 Å². The van der Waals surface area contributed by atoms with Crippen LogP contribution in [0.4, 0.5) is 0 Å². The Morgan fingerprint density at radius 2 is 2.20 bits per heavy atom. The molecule has 1 atom stereocenters. The van der Waals surface area contributed by atoms with E-state index in [1.54, 1.807) is 18.1 Å². The molecule has 0 amide bonds. The van der Waals surface area contributed by atoms with Crippen LogP contribution in [0.3, 0.4) is 0 Å². The molecule has 5 heteroatoms. The summed E-state index contributed by atoms with van der Waals surface area (Å²) >= 11 is 1.69. The van der Waals surface area contributed by atoms with Crippen molar-refractivity contribution in [2.75, 3.05) is 12.4 Å². The number of ether oxygens (including phenoxy) is 1. The van der Waals surface area contributed by atoms with E-state index in [0.717, 1.165) is 52.3 Å². The first-order valence-electron chi connectivity index (χ1n) is 6.78. The Morgan fingerprint density at radius 3 is 3.10 bits per heavy atom. The molecule has 2 aromatic heterocycles. The lowest BCUT2D eigenvalue weighted by molar-refractivity contribution is 0.129. The van der Waals surface area contributed by atoms with Crippen LogP contribution in [-0.4, -0.2) is 28.4 Å². The minimum Gasteiger partial charge on any atom is -0.451 e. The summed E-state index contributed by atoms with van der Waals surface area (Å²) in [6.45, 7) is 0.884. The Kier molecular flexibility index (Phi) is 3.09. The first-order valence-corrected chi connectivity index (χ1v) is 7.77. The summed E-state index contributed by atoms with van der Waals surface area (Å²) in [7, 11) is 0. The van der Waals surface area contributed by atoms with Gasteiger partial charge in [0.05, 0.1) is 6.10 Å². The van der Waals surface area contributed by atoms with Gasteiger partial charge < -0.3 is 9.15 Å². The molecule has 0 unspecified atom stereocenters. The van der Waals surface area contributed by atoms with Crippen molar-refractivity contribution in [3.63, 3.8) is 0 Å². The highest BCUT2D eigenvalue weighted by atomic mass is 32.2. The van der Waals surface area contributed by atoms with E-state index in [1.165, 1.54) is 0 Å². The fourth-order valence-electron chi connectivity index (χ4n) is 2.55. The number of furan rings is 1. The topological polar surface area (TPSA) is 48.2 Å². The van der Waals surface area contributed by atoms with Gasteiger partial charge in [0.1, 0.15) is 22.5 Å². The zero-order valence-electron chi connectivity index (χ0n) is 10.9. The first kappa shape index (κ1) is 12.2. The molecule has 1 saturated heterocycles. The van der Waals surface area contributed by atoms with E-state index in [4.69, 9.17) is 9.15 Å². The lowest BCUT2D eigenvalue weighted by atomic mass is 10.2. The highest BCUT2D eigenvalue weighted by Crippen LogP contribution is 2.33. The molecule has 4 rings (SSSR count). The zero-order chi connectivity index (χ0) is 13.4. The quantitative estimate of drug-likeness (QED) is 0.543. The van der Waals surface area contributed by atoms with Gasteiger partial charge in [-0.1, -0.05) is 23.9 Å². The number of fused-ring (bicyclic) bond motifs is 3. The van der Waals surface area contributed by atoms with Gasteiger partial charge in [0.2, 0.25) is 0 Å². The largest absolute Gasteiger partial charge is 0.451 e. The van der Waals surface area contributed by atoms with Crippen molar-refractivity contribution < 1.29 is 9.15 Å². The third-order valence-electron chi connectivity index (χ3n) is 3.56. The van der Waals surface area contributed by atoms with Gasteiger partial charge in [-0.05, 0) is 25.0 Å². The molecule has 1 aliphatic heterocycles. The summed E-state index contributed by atoms with van der Waals surface area (Å²) in [5.41, 5.74) is 2.55. The van der Waals surface area contributed by atoms with Gasteiger partial charge in [-0.2, -0.15) is 0 Å². The van der Waals surface area contributed by atoms with Gasteiger partial charge in [-0.3, -0.25) is 0 Å². The fraction of sp³-hybridized carbons (Fsp3) is 0.333. The highest BCUT2D eigenvalue weighted by molar-refractivity contribution is 7.99. The van der Waals surface area contributed by atoms with Crippen LogP contribution >= 0.6 is 11.8 Å². The summed E-state index contributed by atoms with van der Waals surface area (Å²) in [5.74, 6) is 0.920. The molecule has 102 valence electrons. The maximum Gasteiger partial charge on any atom is 0.186 e. The lowest BCUT2D eigenvalue weighted by Crippen LogP contribution is -2.07. The van der Waals surface area contributed by atoms with Crippen molar-refractivity contribution in [3.8, 4) is 0 Å². The van der Waals surface area contributed by atoms with Crippen LogP contribution < -0.4 is 0 Å². The molecule has 0 bridgehead atoms. The number of thioether (sulfide) groups is 1. The first-order chi connectivity index (χ1) is 9.92. The Balaban J connectivity index is 1.71. The van der Waals surface area contributed by atoms with Crippen LogP contribution in [0.5, 0.6) is 0 Å². The van der Waals surface area contributed by atoms with E-state index in [1.807, 2.05) is 24.3 Å². The third-order valence-corrected chi connectivity index (χ3v) is 4.66. The van der Waals surface area contributed by atoms with Crippen LogP contribution in [-0.2, 0) is 4.74 Å². The summed E-state index contributed by atoms with van der Waals surface area (Å²) in [6.07, 6.45) is 4.26. The fourth-order valence-corrected chi connectivity index (χ4v) is 3.55. The molecular weight excluding hydrogens is 272 g/mol. The summed E-state index contributed by atoms with van der Waals surface area (Å²) in [6, 6.07) is 7.96. The summed E-state index contributed by atoms with van der Waals surface area (Å²) in [5, 5.41) is 1.95. The van der Waals surface area contributed by atoms with Crippen molar-refractivity contribution in [1.82, 2.24) is 9.97 Å². The molecule has 0 aliphatic carbocycles. The van der Waals surface area contributed by atoms with Gasteiger partial charge in [-0.25, -0.2) is 9.97 Å². The van der Waals surface area contributed by atoms with E-state index in [0.29, 0.717) is 6.10 Å². The number of para-hydroxylation sites is 1. The minimum absolute atomic E-state index is 0.342. The van der Waals surface area contributed by atoms with Crippen molar-refractivity contribution in [3.05, 3.63) is 30.6 Å². The predicted molar refractivity (Wildman–Crippen MR) is 79.0 cm³/mol. The van der Waals surface area contributed by atoms with Crippen LogP contribution in [0, 0.1) is 0 Å². The van der Waals surface area contributed by atoms with E-state index in [9.17, 15) is 0 Å².